The van der Waals surface area contributed by atoms with Gasteiger partial charge < -0.3 is 9.13 Å². The molecule has 0 aliphatic rings. The van der Waals surface area contributed by atoms with Gasteiger partial charge in [-0.1, -0.05) is 36.4 Å². The normalized spacial score (nSPS) is 11.1. The van der Waals surface area contributed by atoms with Crippen LogP contribution < -0.4 is 0 Å². The number of rotatable bonds is 5. The van der Waals surface area contributed by atoms with Crippen molar-refractivity contribution in [1.29, 1.82) is 0 Å². The number of aromatic nitrogens is 4. The number of benzene rings is 2. The average molecular weight is 356 g/mol. The summed E-state index contributed by atoms with van der Waals surface area (Å²) in [5.74, 6) is 0. The molecular formula is C23H24N4. The van der Waals surface area contributed by atoms with E-state index in [9.17, 15) is 0 Å². The SMILES string of the molecule is Cc1cc(C)c(-c2c(-c3ccccc3)ncn2CCn2ccnc2)cc1C. The van der Waals surface area contributed by atoms with Crippen LogP contribution in [0.4, 0.5) is 0 Å². The molecule has 4 heteroatoms. The van der Waals surface area contributed by atoms with Crippen LogP contribution in [0.5, 0.6) is 0 Å². The van der Waals surface area contributed by atoms with Crippen LogP contribution in [0.3, 0.4) is 0 Å². The first-order valence-electron chi connectivity index (χ1n) is 9.28. The summed E-state index contributed by atoms with van der Waals surface area (Å²) in [6.45, 7) is 8.23. The predicted molar refractivity (Wildman–Crippen MR) is 110 cm³/mol. The lowest BCUT2D eigenvalue weighted by Gasteiger charge is -2.15. The maximum Gasteiger partial charge on any atom is 0.0963 e. The summed E-state index contributed by atoms with van der Waals surface area (Å²) in [5.41, 5.74) is 8.51. The highest BCUT2D eigenvalue weighted by Gasteiger charge is 2.17. The van der Waals surface area contributed by atoms with Crippen LogP contribution in [0, 0.1) is 20.8 Å². The molecule has 4 aromatic rings. The molecule has 0 amide bonds. The number of nitrogens with zero attached hydrogens (tertiary/aromatic N) is 4. The molecule has 0 fully saturated rings. The highest BCUT2D eigenvalue weighted by Crippen LogP contribution is 2.34. The molecule has 0 saturated heterocycles. The van der Waals surface area contributed by atoms with Gasteiger partial charge in [-0.15, -0.1) is 0 Å². The fourth-order valence-electron chi connectivity index (χ4n) is 3.50. The quantitative estimate of drug-likeness (QED) is 0.502. The molecule has 2 heterocycles. The molecule has 0 saturated carbocycles. The molecule has 4 nitrogen and oxygen atoms in total. The minimum Gasteiger partial charge on any atom is -0.336 e. The predicted octanol–water partition coefficient (Wildman–Crippen LogP) is 5.04. The van der Waals surface area contributed by atoms with E-state index in [0.29, 0.717) is 0 Å². The summed E-state index contributed by atoms with van der Waals surface area (Å²) in [6, 6.07) is 15.0. The molecule has 2 aromatic heterocycles. The molecular weight excluding hydrogens is 332 g/mol. The van der Waals surface area contributed by atoms with Crippen molar-refractivity contribution < 1.29 is 0 Å². The first-order chi connectivity index (χ1) is 13.1. The zero-order valence-electron chi connectivity index (χ0n) is 16.1. The molecule has 0 atom stereocenters. The Morgan fingerprint density at radius 2 is 1.63 bits per heavy atom. The monoisotopic (exact) mass is 356 g/mol. The van der Waals surface area contributed by atoms with Gasteiger partial charge in [0.15, 0.2) is 0 Å². The third kappa shape index (κ3) is 3.43. The summed E-state index contributed by atoms with van der Waals surface area (Å²) < 4.78 is 4.36. The third-order valence-corrected chi connectivity index (χ3v) is 5.14. The van der Waals surface area contributed by atoms with E-state index in [0.717, 1.165) is 24.3 Å². The maximum absolute atomic E-state index is 4.79. The number of hydrogen-bond acceptors (Lipinski definition) is 2. The fourth-order valence-corrected chi connectivity index (χ4v) is 3.50. The van der Waals surface area contributed by atoms with Crippen LogP contribution in [-0.2, 0) is 13.1 Å². The number of hydrogen-bond donors (Lipinski definition) is 0. The average Bonchev–Trinajstić information content (AvgIpc) is 3.33. The van der Waals surface area contributed by atoms with Crippen LogP contribution in [0.1, 0.15) is 16.7 Å². The smallest absolute Gasteiger partial charge is 0.0963 e. The van der Waals surface area contributed by atoms with Gasteiger partial charge in [0, 0.05) is 36.6 Å². The van der Waals surface area contributed by atoms with E-state index in [-0.39, 0.29) is 0 Å². The Morgan fingerprint density at radius 1 is 0.852 bits per heavy atom. The third-order valence-electron chi connectivity index (χ3n) is 5.14. The molecule has 0 bridgehead atoms. The zero-order chi connectivity index (χ0) is 18.8. The molecule has 0 aliphatic heterocycles. The van der Waals surface area contributed by atoms with Gasteiger partial charge in [0.1, 0.15) is 0 Å². The van der Waals surface area contributed by atoms with E-state index in [2.05, 4.69) is 71.3 Å². The zero-order valence-corrected chi connectivity index (χ0v) is 16.1. The number of aryl methyl sites for hydroxylation is 5. The minimum absolute atomic E-state index is 0.845. The summed E-state index contributed by atoms with van der Waals surface area (Å²) in [7, 11) is 0. The largest absolute Gasteiger partial charge is 0.336 e. The van der Waals surface area contributed by atoms with Crippen molar-refractivity contribution in [3.05, 3.63) is 84.2 Å². The van der Waals surface area contributed by atoms with E-state index in [1.165, 1.54) is 27.9 Å². The van der Waals surface area contributed by atoms with Gasteiger partial charge in [-0.3, -0.25) is 0 Å². The Kier molecular flexibility index (Phi) is 4.63. The van der Waals surface area contributed by atoms with Crippen molar-refractivity contribution in [3.8, 4) is 22.5 Å². The first kappa shape index (κ1) is 17.3. The van der Waals surface area contributed by atoms with Gasteiger partial charge in [-0.25, -0.2) is 9.97 Å². The highest BCUT2D eigenvalue weighted by molar-refractivity contribution is 5.80. The summed E-state index contributed by atoms with van der Waals surface area (Å²) in [5, 5.41) is 0. The fraction of sp³-hybridized carbons (Fsp3) is 0.217. The topological polar surface area (TPSA) is 35.6 Å². The number of imidazole rings is 2. The molecule has 0 spiro atoms. The van der Waals surface area contributed by atoms with Gasteiger partial charge in [-0.2, -0.15) is 0 Å². The summed E-state index contributed by atoms with van der Waals surface area (Å²) >= 11 is 0. The lowest BCUT2D eigenvalue weighted by atomic mass is 9.96. The van der Waals surface area contributed by atoms with Gasteiger partial charge in [0.05, 0.1) is 24.0 Å². The van der Waals surface area contributed by atoms with Crippen molar-refractivity contribution in [2.24, 2.45) is 0 Å². The molecule has 136 valence electrons. The Hall–Kier alpha value is -3.14. The summed E-state index contributed by atoms with van der Waals surface area (Å²) in [4.78, 5) is 8.94. The first-order valence-corrected chi connectivity index (χ1v) is 9.28. The van der Waals surface area contributed by atoms with Crippen molar-refractivity contribution in [3.63, 3.8) is 0 Å². The van der Waals surface area contributed by atoms with Gasteiger partial charge in [-0.05, 0) is 43.5 Å². The van der Waals surface area contributed by atoms with E-state index >= 15 is 0 Å². The van der Waals surface area contributed by atoms with Crippen LogP contribution >= 0.6 is 0 Å². The second kappa shape index (κ2) is 7.23. The highest BCUT2D eigenvalue weighted by atomic mass is 15.1. The van der Waals surface area contributed by atoms with Crippen molar-refractivity contribution in [2.75, 3.05) is 0 Å². The second-order valence-electron chi connectivity index (χ2n) is 7.05. The molecule has 4 rings (SSSR count). The molecule has 2 aromatic carbocycles. The second-order valence-corrected chi connectivity index (χ2v) is 7.05. The molecule has 0 N–H and O–H groups in total. The van der Waals surface area contributed by atoms with E-state index in [4.69, 9.17) is 4.98 Å². The van der Waals surface area contributed by atoms with Crippen LogP contribution in [0.2, 0.25) is 0 Å². The van der Waals surface area contributed by atoms with Crippen molar-refractivity contribution >= 4 is 0 Å². The molecule has 0 radical (unpaired) electrons. The Bertz CT molecular complexity index is 1040. The van der Waals surface area contributed by atoms with Crippen LogP contribution in [0.15, 0.2) is 67.5 Å². The Morgan fingerprint density at radius 3 is 2.37 bits per heavy atom. The van der Waals surface area contributed by atoms with E-state index in [1.807, 2.05) is 31.1 Å². The van der Waals surface area contributed by atoms with Crippen LogP contribution in [0.25, 0.3) is 22.5 Å². The minimum atomic E-state index is 0.845. The van der Waals surface area contributed by atoms with E-state index in [1.54, 1.807) is 0 Å². The maximum atomic E-state index is 4.79. The van der Waals surface area contributed by atoms with Crippen molar-refractivity contribution in [1.82, 2.24) is 19.1 Å². The Balaban J connectivity index is 1.83. The van der Waals surface area contributed by atoms with Gasteiger partial charge in [0.2, 0.25) is 0 Å². The standard InChI is InChI=1S/C23H24N4/c1-17-13-19(3)21(14-18(17)2)23-22(20-7-5-4-6-8-20)25-16-27(23)12-11-26-10-9-24-15-26/h4-10,13-16H,11-12H2,1-3H3. The lowest BCUT2D eigenvalue weighted by molar-refractivity contribution is 0.581. The Labute approximate surface area is 160 Å². The summed E-state index contributed by atoms with van der Waals surface area (Å²) in [6.07, 6.45) is 7.63. The molecule has 0 aliphatic carbocycles. The van der Waals surface area contributed by atoms with Gasteiger partial charge >= 0.3 is 0 Å². The molecule has 0 unspecified atom stereocenters. The van der Waals surface area contributed by atoms with Crippen molar-refractivity contribution in [2.45, 2.75) is 33.9 Å². The van der Waals surface area contributed by atoms with Crippen LogP contribution in [-0.4, -0.2) is 19.1 Å². The van der Waals surface area contributed by atoms with E-state index < -0.39 is 0 Å². The molecule has 27 heavy (non-hydrogen) atoms. The van der Waals surface area contributed by atoms with Gasteiger partial charge in [0.25, 0.3) is 0 Å². The lowest BCUT2D eigenvalue weighted by Crippen LogP contribution is -2.07.